The molecule has 2 aromatic rings. The number of methoxy groups -OCH3 is 1. The van der Waals surface area contributed by atoms with Crippen molar-refractivity contribution >= 4 is 11.5 Å². The van der Waals surface area contributed by atoms with Gasteiger partial charge in [0.1, 0.15) is 17.9 Å². The van der Waals surface area contributed by atoms with Crippen LogP contribution in [0, 0.1) is 18.3 Å². The average Bonchev–Trinajstić information content (AvgIpc) is 2.59. The lowest BCUT2D eigenvalue weighted by molar-refractivity contribution is -0.130. The van der Waals surface area contributed by atoms with Crippen molar-refractivity contribution < 1.29 is 19.4 Å². The van der Waals surface area contributed by atoms with Crippen molar-refractivity contribution in [2.75, 3.05) is 7.11 Å². The highest BCUT2D eigenvalue weighted by Crippen LogP contribution is 2.24. The summed E-state index contributed by atoms with van der Waals surface area (Å²) < 4.78 is 10.7. The number of nitrogens with zero attached hydrogens (tertiary/aromatic N) is 1. The van der Waals surface area contributed by atoms with Crippen LogP contribution in [0.1, 0.15) is 22.3 Å². The van der Waals surface area contributed by atoms with Crippen LogP contribution in [0.5, 0.6) is 5.75 Å². The molecule has 0 radical (unpaired) electrons. The Labute approximate surface area is 140 Å². The molecule has 0 aliphatic heterocycles. The van der Waals surface area contributed by atoms with E-state index in [1.165, 1.54) is 13.4 Å². The summed E-state index contributed by atoms with van der Waals surface area (Å²) in [6.45, 7) is 2.07. The Balaban J connectivity index is 2.30. The van der Waals surface area contributed by atoms with Crippen LogP contribution in [-0.2, 0) is 16.1 Å². The largest absolute Gasteiger partial charge is 0.503 e. The van der Waals surface area contributed by atoms with Crippen molar-refractivity contribution in [3.8, 4) is 11.8 Å². The Morgan fingerprint density at radius 2 is 2.04 bits per heavy atom. The van der Waals surface area contributed by atoms with E-state index in [1.54, 1.807) is 30.3 Å². The smallest absolute Gasteiger partial charge is 0.339 e. The minimum Gasteiger partial charge on any atom is -0.503 e. The number of hydrogen-bond acceptors (Lipinski definition) is 4. The highest BCUT2D eigenvalue weighted by Gasteiger charge is 2.15. The standard InChI is InChI=1S/C19H17NO4/c1-13-7-8-14(10-20)9-18(13)24-11-15-5-3-4-6-16(15)17(12-23-2)19(21)22/h3-9,12H,11H2,1-2H3,(H,21,22). The fourth-order valence-electron chi connectivity index (χ4n) is 2.24. The van der Waals surface area contributed by atoms with Gasteiger partial charge in [0.25, 0.3) is 0 Å². The second kappa shape index (κ2) is 7.84. The molecule has 5 heteroatoms. The fraction of sp³-hybridized carbons (Fsp3) is 0.158. The molecule has 0 saturated carbocycles. The van der Waals surface area contributed by atoms with Gasteiger partial charge in [-0.2, -0.15) is 5.26 Å². The molecule has 0 amide bonds. The molecule has 0 aliphatic rings. The van der Waals surface area contributed by atoms with Crippen LogP contribution >= 0.6 is 0 Å². The molecular weight excluding hydrogens is 306 g/mol. The monoisotopic (exact) mass is 323 g/mol. The summed E-state index contributed by atoms with van der Waals surface area (Å²) >= 11 is 0. The van der Waals surface area contributed by atoms with E-state index < -0.39 is 5.97 Å². The van der Waals surface area contributed by atoms with Crippen molar-refractivity contribution in [2.24, 2.45) is 0 Å². The number of benzene rings is 2. The number of rotatable bonds is 6. The van der Waals surface area contributed by atoms with Gasteiger partial charge in [0.15, 0.2) is 0 Å². The molecule has 24 heavy (non-hydrogen) atoms. The van der Waals surface area contributed by atoms with Gasteiger partial charge < -0.3 is 14.6 Å². The van der Waals surface area contributed by atoms with Gasteiger partial charge in [0.2, 0.25) is 0 Å². The summed E-state index contributed by atoms with van der Waals surface area (Å²) in [5, 5.41) is 18.3. The molecule has 0 spiro atoms. The van der Waals surface area contributed by atoms with E-state index in [0.717, 1.165) is 5.56 Å². The summed E-state index contributed by atoms with van der Waals surface area (Å²) in [5.41, 5.74) is 2.71. The van der Waals surface area contributed by atoms with E-state index >= 15 is 0 Å². The van der Waals surface area contributed by atoms with Crippen LogP contribution in [0.4, 0.5) is 0 Å². The van der Waals surface area contributed by atoms with Crippen LogP contribution in [-0.4, -0.2) is 18.2 Å². The van der Waals surface area contributed by atoms with E-state index in [9.17, 15) is 9.90 Å². The molecule has 0 unspecified atom stereocenters. The molecule has 0 aliphatic carbocycles. The normalized spacial score (nSPS) is 10.8. The number of hydrogen-bond donors (Lipinski definition) is 1. The maximum atomic E-state index is 11.4. The Morgan fingerprint density at radius 3 is 2.71 bits per heavy atom. The summed E-state index contributed by atoms with van der Waals surface area (Å²) in [6, 6.07) is 14.3. The SMILES string of the molecule is COC=C(C(=O)O)c1ccccc1COc1cc(C#N)ccc1C. The molecule has 0 aromatic heterocycles. The van der Waals surface area contributed by atoms with Crippen molar-refractivity contribution in [1.29, 1.82) is 5.26 Å². The number of carboxylic acids is 1. The predicted molar refractivity (Wildman–Crippen MR) is 89.3 cm³/mol. The first-order valence-electron chi connectivity index (χ1n) is 7.25. The first kappa shape index (κ1) is 17.1. The van der Waals surface area contributed by atoms with Crippen molar-refractivity contribution in [3.05, 3.63) is 71.0 Å². The van der Waals surface area contributed by atoms with E-state index in [-0.39, 0.29) is 12.2 Å². The van der Waals surface area contributed by atoms with Crippen LogP contribution in [0.25, 0.3) is 5.57 Å². The molecule has 0 atom stereocenters. The zero-order valence-corrected chi connectivity index (χ0v) is 13.4. The minimum atomic E-state index is -1.08. The molecular formula is C19H17NO4. The van der Waals surface area contributed by atoms with E-state index in [1.807, 2.05) is 19.1 Å². The summed E-state index contributed by atoms with van der Waals surface area (Å²) in [4.78, 5) is 11.4. The van der Waals surface area contributed by atoms with Gasteiger partial charge in [-0.15, -0.1) is 0 Å². The highest BCUT2D eigenvalue weighted by molar-refractivity contribution is 6.15. The van der Waals surface area contributed by atoms with Gasteiger partial charge >= 0.3 is 5.97 Å². The third-order valence-electron chi connectivity index (χ3n) is 3.47. The predicted octanol–water partition coefficient (Wildman–Crippen LogP) is 3.52. The van der Waals surface area contributed by atoms with Gasteiger partial charge in [-0.25, -0.2) is 4.79 Å². The van der Waals surface area contributed by atoms with Crippen LogP contribution in [0.3, 0.4) is 0 Å². The Kier molecular flexibility index (Phi) is 5.58. The maximum Gasteiger partial charge on any atom is 0.339 e. The second-order valence-electron chi connectivity index (χ2n) is 5.11. The Hall–Kier alpha value is -3.26. The van der Waals surface area contributed by atoms with E-state index in [4.69, 9.17) is 14.7 Å². The number of aryl methyl sites for hydroxylation is 1. The molecule has 0 bridgehead atoms. The molecule has 5 nitrogen and oxygen atoms in total. The fourth-order valence-corrected chi connectivity index (χ4v) is 2.24. The van der Waals surface area contributed by atoms with Gasteiger partial charge in [-0.05, 0) is 35.7 Å². The summed E-state index contributed by atoms with van der Waals surface area (Å²) in [7, 11) is 1.40. The average molecular weight is 323 g/mol. The lowest BCUT2D eigenvalue weighted by Gasteiger charge is -2.13. The minimum absolute atomic E-state index is 0.0548. The van der Waals surface area contributed by atoms with Crippen LogP contribution in [0.2, 0.25) is 0 Å². The van der Waals surface area contributed by atoms with E-state index in [2.05, 4.69) is 6.07 Å². The van der Waals surface area contributed by atoms with Crippen LogP contribution < -0.4 is 4.74 Å². The molecule has 2 aromatic carbocycles. The molecule has 0 fully saturated rings. The molecule has 122 valence electrons. The molecule has 1 N–H and O–H groups in total. The number of carbonyl (C=O) groups is 1. The second-order valence-corrected chi connectivity index (χ2v) is 5.11. The summed E-state index contributed by atoms with van der Waals surface area (Å²) in [6.07, 6.45) is 1.20. The summed E-state index contributed by atoms with van der Waals surface area (Å²) in [5.74, 6) is -0.483. The lowest BCUT2D eigenvalue weighted by atomic mass is 10.0. The Morgan fingerprint density at radius 1 is 1.29 bits per heavy atom. The van der Waals surface area contributed by atoms with E-state index in [0.29, 0.717) is 22.4 Å². The van der Waals surface area contributed by atoms with Gasteiger partial charge in [-0.1, -0.05) is 30.3 Å². The van der Waals surface area contributed by atoms with Crippen molar-refractivity contribution in [2.45, 2.75) is 13.5 Å². The quantitative estimate of drug-likeness (QED) is 0.650. The lowest BCUT2D eigenvalue weighted by Crippen LogP contribution is -2.06. The number of nitriles is 1. The first-order chi connectivity index (χ1) is 11.6. The number of ether oxygens (including phenoxy) is 2. The van der Waals surface area contributed by atoms with Crippen molar-refractivity contribution in [1.82, 2.24) is 0 Å². The van der Waals surface area contributed by atoms with Gasteiger partial charge in [0, 0.05) is 0 Å². The third-order valence-corrected chi connectivity index (χ3v) is 3.47. The zero-order chi connectivity index (χ0) is 17.5. The van der Waals surface area contributed by atoms with Crippen molar-refractivity contribution in [3.63, 3.8) is 0 Å². The van der Waals surface area contributed by atoms with Gasteiger partial charge in [-0.3, -0.25) is 0 Å². The number of aliphatic carboxylic acids is 1. The number of carboxylic acid groups (broad SMARTS) is 1. The maximum absolute atomic E-state index is 11.4. The topological polar surface area (TPSA) is 79.6 Å². The molecule has 0 saturated heterocycles. The zero-order valence-electron chi connectivity index (χ0n) is 13.4. The third kappa shape index (κ3) is 3.93. The van der Waals surface area contributed by atoms with Crippen LogP contribution in [0.15, 0.2) is 48.7 Å². The van der Waals surface area contributed by atoms with Gasteiger partial charge in [0.05, 0.1) is 25.0 Å². The molecule has 2 rings (SSSR count). The highest BCUT2D eigenvalue weighted by atomic mass is 16.5. The first-order valence-corrected chi connectivity index (χ1v) is 7.25. The Bertz CT molecular complexity index is 818. The molecule has 0 heterocycles.